The van der Waals surface area contributed by atoms with Gasteiger partial charge < -0.3 is 28.9 Å². The minimum atomic E-state index is -1.68. The highest BCUT2D eigenvalue weighted by Crippen LogP contribution is 2.39. The van der Waals surface area contributed by atoms with Gasteiger partial charge in [-0.15, -0.1) is 0 Å². The van der Waals surface area contributed by atoms with Crippen LogP contribution in [-0.2, 0) is 25.7 Å². The monoisotopic (exact) mass is 566 g/mol. The van der Waals surface area contributed by atoms with Crippen LogP contribution in [0.5, 0.6) is 5.75 Å². The fourth-order valence-corrected chi connectivity index (χ4v) is 5.36. The Labute approximate surface area is 241 Å². The standard InChI is InChI=1S/C34H30O8/c35-26-18-23(13-11-20-7-3-1-4-8-20)40-28-16-15-22(17-25(26)28)42-34-32(39)31(38)30(37)29-27(36)19-24(41-33(29)34)14-12-21-9-5-2-6-10-21/h1-10,15-19,30-32,34,37-39H,11-14H2/t30-,31+,32-,34-/m1/s1. The molecule has 8 nitrogen and oxygen atoms in total. The molecular weight excluding hydrogens is 536 g/mol. The topological polar surface area (TPSA) is 130 Å². The number of aryl methyl sites for hydroxylation is 4. The van der Waals surface area contributed by atoms with E-state index in [2.05, 4.69) is 0 Å². The zero-order valence-electron chi connectivity index (χ0n) is 22.7. The third kappa shape index (κ3) is 5.65. The lowest BCUT2D eigenvalue weighted by molar-refractivity contribution is -0.121. The third-order valence-electron chi connectivity index (χ3n) is 7.62. The molecule has 3 aromatic carbocycles. The molecule has 0 amide bonds. The number of rotatable bonds is 8. The van der Waals surface area contributed by atoms with Gasteiger partial charge in [-0.2, -0.15) is 0 Å². The molecule has 6 rings (SSSR count). The van der Waals surface area contributed by atoms with Gasteiger partial charge in [-0.05, 0) is 42.2 Å². The molecule has 214 valence electrons. The van der Waals surface area contributed by atoms with E-state index in [1.807, 2.05) is 60.7 Å². The summed E-state index contributed by atoms with van der Waals surface area (Å²) in [6.07, 6.45) is -3.95. The molecule has 2 heterocycles. The van der Waals surface area contributed by atoms with Gasteiger partial charge in [0.05, 0.1) is 10.9 Å². The first-order chi connectivity index (χ1) is 20.4. The van der Waals surface area contributed by atoms with Crippen LogP contribution in [0.15, 0.2) is 109 Å². The van der Waals surface area contributed by atoms with Crippen LogP contribution < -0.4 is 15.6 Å². The molecule has 5 aromatic rings. The van der Waals surface area contributed by atoms with E-state index in [-0.39, 0.29) is 27.9 Å². The fourth-order valence-electron chi connectivity index (χ4n) is 5.36. The van der Waals surface area contributed by atoms with E-state index in [0.717, 1.165) is 17.5 Å². The lowest BCUT2D eigenvalue weighted by Crippen LogP contribution is -2.45. The number of fused-ring (bicyclic) bond motifs is 2. The summed E-state index contributed by atoms with van der Waals surface area (Å²) in [7, 11) is 0. The first kappa shape index (κ1) is 27.7. The molecule has 0 saturated heterocycles. The highest BCUT2D eigenvalue weighted by Gasteiger charge is 2.45. The maximum absolute atomic E-state index is 13.0. The van der Waals surface area contributed by atoms with Gasteiger partial charge in [-0.3, -0.25) is 9.59 Å². The van der Waals surface area contributed by atoms with Gasteiger partial charge in [0.15, 0.2) is 22.7 Å². The van der Waals surface area contributed by atoms with Crippen molar-refractivity contribution in [1.29, 1.82) is 0 Å². The van der Waals surface area contributed by atoms with Gasteiger partial charge in [0.25, 0.3) is 0 Å². The van der Waals surface area contributed by atoms with E-state index < -0.39 is 29.8 Å². The summed E-state index contributed by atoms with van der Waals surface area (Å²) in [5.74, 6) is 1.06. The second kappa shape index (κ2) is 11.8. The molecule has 3 N–H and O–H groups in total. The van der Waals surface area contributed by atoms with E-state index in [4.69, 9.17) is 13.6 Å². The molecule has 0 radical (unpaired) electrons. The molecule has 2 aromatic heterocycles. The number of hydrogen-bond donors (Lipinski definition) is 3. The Hall–Kier alpha value is -4.50. The molecule has 0 aliphatic heterocycles. The lowest BCUT2D eigenvalue weighted by Gasteiger charge is -2.35. The van der Waals surface area contributed by atoms with Crippen molar-refractivity contribution < 1.29 is 28.9 Å². The van der Waals surface area contributed by atoms with Crippen molar-refractivity contribution in [3.05, 3.63) is 145 Å². The van der Waals surface area contributed by atoms with Gasteiger partial charge in [0.2, 0.25) is 0 Å². The fraction of sp³-hybridized carbons (Fsp3) is 0.235. The molecule has 0 spiro atoms. The van der Waals surface area contributed by atoms with E-state index in [0.29, 0.717) is 36.4 Å². The van der Waals surface area contributed by atoms with E-state index in [9.17, 15) is 24.9 Å². The molecule has 0 unspecified atom stereocenters. The summed E-state index contributed by atoms with van der Waals surface area (Å²) in [5, 5.41) is 32.3. The van der Waals surface area contributed by atoms with Gasteiger partial charge in [0.1, 0.15) is 41.2 Å². The quantitative estimate of drug-likeness (QED) is 0.255. The van der Waals surface area contributed by atoms with Gasteiger partial charge >= 0.3 is 0 Å². The molecule has 4 atom stereocenters. The van der Waals surface area contributed by atoms with Crippen LogP contribution in [0.2, 0.25) is 0 Å². The van der Waals surface area contributed by atoms with Crippen LogP contribution in [0.3, 0.4) is 0 Å². The van der Waals surface area contributed by atoms with Crippen molar-refractivity contribution >= 4 is 11.0 Å². The summed E-state index contributed by atoms with van der Waals surface area (Å²) in [5.41, 5.74) is 1.64. The number of hydrogen-bond acceptors (Lipinski definition) is 8. The SMILES string of the molecule is O=c1cc(CCc2ccccc2)oc2c1[C@@H](O)[C@H](O)[C@@H](O)[C@H]2Oc1ccc2oc(CCc3ccccc3)cc(=O)c2c1. The first-order valence-corrected chi connectivity index (χ1v) is 13.9. The Bertz CT molecular complexity index is 1810. The number of aliphatic hydroxyl groups is 3. The maximum Gasteiger partial charge on any atom is 0.193 e. The van der Waals surface area contributed by atoms with Crippen LogP contribution in [0.25, 0.3) is 11.0 Å². The molecule has 1 aliphatic rings. The van der Waals surface area contributed by atoms with Crippen LogP contribution in [0.4, 0.5) is 0 Å². The Kier molecular flexibility index (Phi) is 7.75. The van der Waals surface area contributed by atoms with Crippen molar-refractivity contribution in [2.45, 2.75) is 50.1 Å². The van der Waals surface area contributed by atoms with Gasteiger partial charge in [0, 0.05) is 25.0 Å². The molecule has 0 fully saturated rings. The summed E-state index contributed by atoms with van der Waals surface area (Å²) in [6.45, 7) is 0. The van der Waals surface area contributed by atoms with Gasteiger partial charge in [-0.25, -0.2) is 0 Å². The number of benzene rings is 3. The first-order valence-electron chi connectivity index (χ1n) is 13.9. The third-order valence-corrected chi connectivity index (χ3v) is 7.62. The smallest absolute Gasteiger partial charge is 0.193 e. The largest absolute Gasteiger partial charge is 0.480 e. The minimum absolute atomic E-state index is 0.0562. The second-order valence-electron chi connectivity index (χ2n) is 10.5. The summed E-state index contributed by atoms with van der Waals surface area (Å²) >= 11 is 0. The van der Waals surface area contributed by atoms with E-state index in [1.54, 1.807) is 12.1 Å². The summed E-state index contributed by atoms with van der Waals surface area (Å²) in [4.78, 5) is 26.0. The van der Waals surface area contributed by atoms with E-state index >= 15 is 0 Å². The second-order valence-corrected chi connectivity index (χ2v) is 10.5. The van der Waals surface area contributed by atoms with Crippen molar-refractivity contribution in [2.24, 2.45) is 0 Å². The zero-order chi connectivity index (χ0) is 29.2. The summed E-state index contributed by atoms with van der Waals surface area (Å²) in [6, 6.07) is 27.0. The van der Waals surface area contributed by atoms with Crippen LogP contribution in [0.1, 0.15) is 46.2 Å². The Morgan fingerprint density at radius 3 is 1.88 bits per heavy atom. The average Bonchev–Trinajstić information content (AvgIpc) is 3.01. The molecule has 8 heteroatoms. The normalized spacial score (nSPS) is 19.9. The predicted molar refractivity (Wildman–Crippen MR) is 156 cm³/mol. The van der Waals surface area contributed by atoms with Crippen molar-refractivity contribution in [3.8, 4) is 5.75 Å². The van der Waals surface area contributed by atoms with Crippen LogP contribution in [-0.4, -0.2) is 27.5 Å². The molecule has 0 saturated carbocycles. The van der Waals surface area contributed by atoms with Gasteiger partial charge in [-0.1, -0.05) is 60.7 Å². The lowest BCUT2D eigenvalue weighted by atomic mass is 9.87. The molecule has 0 bridgehead atoms. The molecule has 42 heavy (non-hydrogen) atoms. The maximum atomic E-state index is 13.0. The van der Waals surface area contributed by atoms with Crippen molar-refractivity contribution in [3.63, 3.8) is 0 Å². The average molecular weight is 567 g/mol. The Morgan fingerprint density at radius 2 is 1.24 bits per heavy atom. The summed E-state index contributed by atoms with van der Waals surface area (Å²) < 4.78 is 18.1. The predicted octanol–water partition coefficient (Wildman–Crippen LogP) is 4.21. The van der Waals surface area contributed by atoms with E-state index in [1.165, 1.54) is 18.2 Å². The minimum Gasteiger partial charge on any atom is -0.480 e. The van der Waals surface area contributed by atoms with Crippen LogP contribution in [0, 0.1) is 0 Å². The van der Waals surface area contributed by atoms with Crippen molar-refractivity contribution in [1.82, 2.24) is 0 Å². The Morgan fingerprint density at radius 1 is 0.643 bits per heavy atom. The molecular formula is C34H30O8. The number of ether oxygens (including phenoxy) is 1. The Balaban J connectivity index is 1.28. The molecule has 1 aliphatic carbocycles. The van der Waals surface area contributed by atoms with Crippen molar-refractivity contribution in [2.75, 3.05) is 0 Å². The highest BCUT2D eigenvalue weighted by molar-refractivity contribution is 5.78. The number of aliphatic hydroxyl groups excluding tert-OH is 3. The zero-order valence-corrected chi connectivity index (χ0v) is 22.7. The van der Waals surface area contributed by atoms with Crippen LogP contribution >= 0.6 is 0 Å². The highest BCUT2D eigenvalue weighted by atomic mass is 16.5.